The first-order chi connectivity index (χ1) is 9.20. The predicted molar refractivity (Wildman–Crippen MR) is 81.6 cm³/mol. The van der Waals surface area contributed by atoms with Crippen molar-refractivity contribution >= 4 is 11.6 Å². The summed E-state index contributed by atoms with van der Waals surface area (Å²) in [6, 6.07) is 8.80. The molecule has 2 saturated carbocycles. The van der Waals surface area contributed by atoms with Gasteiger partial charge in [0.25, 0.3) is 0 Å². The van der Waals surface area contributed by atoms with E-state index in [1.165, 1.54) is 37.8 Å². The van der Waals surface area contributed by atoms with Gasteiger partial charge in [0.2, 0.25) is 0 Å². The molecule has 3 rings (SSSR count). The SMILES string of the molecule is CC(Cc1ccc(Cl)cc1)NCC1CC2CCC1C2. The molecule has 4 atom stereocenters. The van der Waals surface area contributed by atoms with Gasteiger partial charge in [-0.25, -0.2) is 0 Å². The Hall–Kier alpha value is -0.530. The summed E-state index contributed by atoms with van der Waals surface area (Å²) in [5.41, 5.74) is 1.37. The Labute approximate surface area is 121 Å². The van der Waals surface area contributed by atoms with E-state index in [0.717, 1.165) is 29.2 Å². The fourth-order valence-electron chi connectivity index (χ4n) is 4.03. The molecule has 0 amide bonds. The van der Waals surface area contributed by atoms with Gasteiger partial charge in [-0.2, -0.15) is 0 Å². The zero-order chi connectivity index (χ0) is 13.2. The lowest BCUT2D eigenvalue weighted by molar-refractivity contribution is 0.308. The van der Waals surface area contributed by atoms with Crippen molar-refractivity contribution in [2.45, 2.75) is 45.1 Å². The summed E-state index contributed by atoms with van der Waals surface area (Å²) < 4.78 is 0. The van der Waals surface area contributed by atoms with E-state index < -0.39 is 0 Å². The Morgan fingerprint density at radius 2 is 2.00 bits per heavy atom. The van der Waals surface area contributed by atoms with Gasteiger partial charge >= 0.3 is 0 Å². The molecule has 2 aliphatic carbocycles. The van der Waals surface area contributed by atoms with Crippen LogP contribution in [-0.2, 0) is 6.42 Å². The second-order valence-corrected chi connectivity index (χ2v) is 7.01. The number of rotatable bonds is 5. The summed E-state index contributed by atoms with van der Waals surface area (Å²) in [6.07, 6.45) is 7.07. The zero-order valence-corrected chi connectivity index (χ0v) is 12.5. The van der Waals surface area contributed by atoms with Crippen LogP contribution in [-0.4, -0.2) is 12.6 Å². The molecule has 0 heterocycles. The number of halogens is 1. The fraction of sp³-hybridized carbons (Fsp3) is 0.647. The van der Waals surface area contributed by atoms with Crippen molar-refractivity contribution in [3.8, 4) is 0 Å². The van der Waals surface area contributed by atoms with Crippen molar-refractivity contribution < 1.29 is 0 Å². The first-order valence-electron chi connectivity index (χ1n) is 7.68. The van der Waals surface area contributed by atoms with Gasteiger partial charge in [-0.05, 0) is 74.6 Å². The number of fused-ring (bicyclic) bond motifs is 2. The van der Waals surface area contributed by atoms with Crippen LogP contribution < -0.4 is 5.32 Å². The van der Waals surface area contributed by atoms with Crippen molar-refractivity contribution in [1.82, 2.24) is 5.32 Å². The van der Waals surface area contributed by atoms with E-state index in [9.17, 15) is 0 Å². The smallest absolute Gasteiger partial charge is 0.0406 e. The van der Waals surface area contributed by atoms with Gasteiger partial charge in [0, 0.05) is 11.1 Å². The molecule has 4 unspecified atom stereocenters. The van der Waals surface area contributed by atoms with Crippen LogP contribution in [0, 0.1) is 17.8 Å². The minimum absolute atomic E-state index is 0.556. The lowest BCUT2D eigenvalue weighted by Crippen LogP contribution is -2.34. The molecule has 1 N–H and O–H groups in total. The van der Waals surface area contributed by atoms with Crippen LogP contribution in [0.25, 0.3) is 0 Å². The lowest BCUT2D eigenvalue weighted by atomic mass is 9.88. The Morgan fingerprint density at radius 3 is 2.63 bits per heavy atom. The zero-order valence-electron chi connectivity index (χ0n) is 11.7. The first kappa shape index (κ1) is 13.5. The molecule has 0 aliphatic heterocycles. The Kier molecular flexibility index (Phi) is 4.14. The number of hydrogen-bond donors (Lipinski definition) is 1. The maximum atomic E-state index is 5.92. The Morgan fingerprint density at radius 1 is 1.21 bits per heavy atom. The second kappa shape index (κ2) is 5.85. The van der Waals surface area contributed by atoms with Gasteiger partial charge in [0.1, 0.15) is 0 Å². The van der Waals surface area contributed by atoms with Gasteiger partial charge in [-0.3, -0.25) is 0 Å². The summed E-state index contributed by atoms with van der Waals surface area (Å²) in [4.78, 5) is 0. The summed E-state index contributed by atoms with van der Waals surface area (Å²) in [5, 5.41) is 4.56. The van der Waals surface area contributed by atoms with E-state index in [-0.39, 0.29) is 0 Å². The van der Waals surface area contributed by atoms with Crippen molar-refractivity contribution in [1.29, 1.82) is 0 Å². The molecule has 2 fully saturated rings. The molecule has 2 heteroatoms. The quantitative estimate of drug-likeness (QED) is 0.846. The maximum Gasteiger partial charge on any atom is 0.0406 e. The summed E-state index contributed by atoms with van der Waals surface area (Å²) in [7, 11) is 0. The highest BCUT2D eigenvalue weighted by molar-refractivity contribution is 6.30. The monoisotopic (exact) mass is 277 g/mol. The standard InChI is InChI=1S/C17H24ClN/c1-12(8-13-3-6-17(18)7-4-13)19-11-16-10-14-2-5-15(16)9-14/h3-4,6-7,12,14-16,19H,2,5,8-11H2,1H3. The number of nitrogens with one attached hydrogen (secondary N) is 1. The molecule has 0 spiro atoms. The lowest BCUT2D eigenvalue weighted by Gasteiger charge is -2.24. The summed E-state index contributed by atoms with van der Waals surface area (Å²) in [6.45, 7) is 3.51. The number of benzene rings is 1. The summed E-state index contributed by atoms with van der Waals surface area (Å²) >= 11 is 5.92. The molecular weight excluding hydrogens is 254 g/mol. The van der Waals surface area contributed by atoms with Crippen LogP contribution in [0.4, 0.5) is 0 Å². The molecule has 2 bridgehead atoms. The molecular formula is C17H24ClN. The van der Waals surface area contributed by atoms with E-state index in [4.69, 9.17) is 11.6 Å². The minimum Gasteiger partial charge on any atom is -0.314 e. The molecule has 1 aromatic rings. The van der Waals surface area contributed by atoms with E-state index in [1.54, 1.807) is 0 Å². The topological polar surface area (TPSA) is 12.0 Å². The molecule has 2 aliphatic rings. The molecule has 1 aromatic carbocycles. The van der Waals surface area contributed by atoms with Crippen LogP contribution in [0.3, 0.4) is 0 Å². The van der Waals surface area contributed by atoms with Crippen molar-refractivity contribution in [3.05, 3.63) is 34.9 Å². The molecule has 0 saturated heterocycles. The van der Waals surface area contributed by atoms with Crippen molar-refractivity contribution in [2.24, 2.45) is 17.8 Å². The molecule has 104 valence electrons. The van der Waals surface area contributed by atoms with Crippen LogP contribution >= 0.6 is 11.6 Å². The third-order valence-electron chi connectivity index (χ3n) is 5.07. The maximum absolute atomic E-state index is 5.92. The molecule has 1 nitrogen and oxygen atoms in total. The van der Waals surface area contributed by atoms with Crippen LogP contribution in [0.2, 0.25) is 5.02 Å². The van der Waals surface area contributed by atoms with E-state index in [2.05, 4.69) is 24.4 Å². The van der Waals surface area contributed by atoms with Gasteiger partial charge in [-0.1, -0.05) is 30.2 Å². The first-order valence-corrected chi connectivity index (χ1v) is 8.06. The highest BCUT2D eigenvalue weighted by atomic mass is 35.5. The highest BCUT2D eigenvalue weighted by Gasteiger charge is 2.38. The fourth-order valence-corrected chi connectivity index (χ4v) is 4.15. The molecule has 0 radical (unpaired) electrons. The third kappa shape index (κ3) is 3.32. The number of hydrogen-bond acceptors (Lipinski definition) is 1. The van der Waals surface area contributed by atoms with Gasteiger partial charge < -0.3 is 5.32 Å². The average Bonchev–Trinajstić information content (AvgIpc) is 3.01. The molecule has 0 aromatic heterocycles. The minimum atomic E-state index is 0.556. The van der Waals surface area contributed by atoms with Crippen molar-refractivity contribution in [2.75, 3.05) is 6.54 Å². The largest absolute Gasteiger partial charge is 0.314 e. The van der Waals surface area contributed by atoms with E-state index >= 15 is 0 Å². The molecule has 19 heavy (non-hydrogen) atoms. The van der Waals surface area contributed by atoms with Crippen molar-refractivity contribution in [3.63, 3.8) is 0 Å². The van der Waals surface area contributed by atoms with E-state index in [0.29, 0.717) is 6.04 Å². The normalized spacial score (nSPS) is 30.7. The van der Waals surface area contributed by atoms with Gasteiger partial charge in [0.05, 0.1) is 0 Å². The van der Waals surface area contributed by atoms with E-state index in [1.807, 2.05) is 12.1 Å². The second-order valence-electron chi connectivity index (χ2n) is 6.57. The Balaban J connectivity index is 1.44. The Bertz CT molecular complexity index is 414. The predicted octanol–water partition coefficient (Wildman–Crippen LogP) is 4.30. The van der Waals surface area contributed by atoms with Crippen LogP contribution in [0.5, 0.6) is 0 Å². The third-order valence-corrected chi connectivity index (χ3v) is 5.32. The average molecular weight is 278 g/mol. The van der Waals surface area contributed by atoms with Gasteiger partial charge in [-0.15, -0.1) is 0 Å². The van der Waals surface area contributed by atoms with Crippen LogP contribution in [0.1, 0.15) is 38.2 Å². The highest BCUT2D eigenvalue weighted by Crippen LogP contribution is 2.47. The van der Waals surface area contributed by atoms with Crippen LogP contribution in [0.15, 0.2) is 24.3 Å². The summed E-state index contributed by atoms with van der Waals surface area (Å²) in [5.74, 6) is 3.04. The van der Waals surface area contributed by atoms with Gasteiger partial charge in [0.15, 0.2) is 0 Å².